The number of hydrogen-bond acceptors (Lipinski definition) is 5. The van der Waals surface area contributed by atoms with Crippen LogP contribution >= 0.6 is 11.6 Å². The van der Waals surface area contributed by atoms with Crippen molar-refractivity contribution in [2.75, 3.05) is 19.8 Å². The van der Waals surface area contributed by atoms with Gasteiger partial charge in [0.25, 0.3) is 5.91 Å². The van der Waals surface area contributed by atoms with Gasteiger partial charge in [0.15, 0.2) is 11.5 Å². The molecule has 3 aromatic heterocycles. The number of hydrogen-bond donors (Lipinski definition) is 0. The van der Waals surface area contributed by atoms with Gasteiger partial charge in [-0.25, -0.2) is 19.5 Å². The minimum atomic E-state index is -0.433. The second-order valence-corrected chi connectivity index (χ2v) is 5.93. The number of carbonyl (C=O) groups is 1. The molecule has 0 bridgehead atoms. The van der Waals surface area contributed by atoms with Crippen LogP contribution in [0.2, 0.25) is 5.15 Å². The van der Waals surface area contributed by atoms with Crippen molar-refractivity contribution in [2.45, 2.75) is 0 Å². The van der Waals surface area contributed by atoms with Gasteiger partial charge in [0, 0.05) is 37.6 Å². The summed E-state index contributed by atoms with van der Waals surface area (Å²) in [5.41, 5.74) is 0.943. The maximum atomic E-state index is 12.9. The average molecular weight is 347 g/mol. The Labute approximate surface area is 141 Å². The Balaban J connectivity index is 1.85. The number of nitrogens with zero attached hydrogens (tertiary/aromatic N) is 6. The van der Waals surface area contributed by atoms with Gasteiger partial charge in [-0.05, 0) is 12.1 Å². The van der Waals surface area contributed by atoms with E-state index in [-0.39, 0.29) is 22.5 Å². The fraction of sp³-hybridized carbons (Fsp3) is 0.267. The molecule has 7 nitrogen and oxygen atoms in total. The van der Waals surface area contributed by atoms with E-state index in [4.69, 9.17) is 11.6 Å². The number of likely N-dealkylation sites (tertiary alicyclic amines) is 1. The van der Waals surface area contributed by atoms with Crippen LogP contribution in [0.3, 0.4) is 0 Å². The second-order valence-electron chi connectivity index (χ2n) is 5.54. The highest BCUT2D eigenvalue weighted by atomic mass is 35.5. The zero-order valence-electron chi connectivity index (χ0n) is 12.4. The quantitative estimate of drug-likeness (QED) is 0.677. The van der Waals surface area contributed by atoms with Gasteiger partial charge >= 0.3 is 0 Å². The maximum absolute atomic E-state index is 12.9. The minimum Gasteiger partial charge on any atom is -0.338 e. The summed E-state index contributed by atoms with van der Waals surface area (Å²) in [6.07, 6.45) is 4.77. The zero-order valence-corrected chi connectivity index (χ0v) is 13.2. The van der Waals surface area contributed by atoms with E-state index in [0.717, 1.165) is 0 Å². The van der Waals surface area contributed by atoms with E-state index in [2.05, 4.69) is 20.1 Å². The third-order valence-corrected chi connectivity index (χ3v) is 4.12. The summed E-state index contributed by atoms with van der Waals surface area (Å²) in [4.78, 5) is 27.0. The van der Waals surface area contributed by atoms with Crippen molar-refractivity contribution >= 4 is 23.2 Å². The summed E-state index contributed by atoms with van der Waals surface area (Å²) >= 11 is 5.97. The van der Waals surface area contributed by atoms with E-state index < -0.39 is 6.67 Å². The van der Waals surface area contributed by atoms with Crippen LogP contribution in [0.15, 0.2) is 30.7 Å². The molecule has 0 atom stereocenters. The molecule has 1 amide bonds. The largest absolute Gasteiger partial charge is 0.338 e. The van der Waals surface area contributed by atoms with E-state index in [0.29, 0.717) is 30.3 Å². The smallest absolute Gasteiger partial charge is 0.260 e. The van der Waals surface area contributed by atoms with E-state index in [1.165, 1.54) is 4.52 Å². The molecule has 3 aromatic rings. The fourth-order valence-corrected chi connectivity index (χ4v) is 2.81. The summed E-state index contributed by atoms with van der Waals surface area (Å²) in [6.45, 7) is 0.321. The summed E-state index contributed by atoms with van der Waals surface area (Å²) in [6, 6.07) is 3.26. The van der Waals surface area contributed by atoms with Gasteiger partial charge in [0.05, 0.1) is 6.67 Å². The van der Waals surface area contributed by atoms with Crippen LogP contribution < -0.4 is 0 Å². The van der Waals surface area contributed by atoms with Crippen LogP contribution in [0.4, 0.5) is 4.39 Å². The van der Waals surface area contributed by atoms with Gasteiger partial charge in [0.2, 0.25) is 0 Å². The van der Waals surface area contributed by atoms with Crippen LogP contribution in [0.25, 0.3) is 17.2 Å². The molecule has 0 aromatic carbocycles. The van der Waals surface area contributed by atoms with Crippen LogP contribution in [-0.2, 0) is 0 Å². The molecule has 0 saturated carbocycles. The van der Waals surface area contributed by atoms with Crippen LogP contribution in [0.5, 0.6) is 0 Å². The van der Waals surface area contributed by atoms with Crippen molar-refractivity contribution in [3.8, 4) is 11.5 Å². The monoisotopic (exact) mass is 346 g/mol. The molecule has 0 radical (unpaired) electrons. The van der Waals surface area contributed by atoms with E-state index in [9.17, 15) is 9.18 Å². The predicted octanol–water partition coefficient (Wildman–Crippen LogP) is 1.88. The van der Waals surface area contributed by atoms with Gasteiger partial charge < -0.3 is 4.90 Å². The van der Waals surface area contributed by atoms with E-state index >= 15 is 0 Å². The first-order valence-electron chi connectivity index (χ1n) is 7.35. The first-order valence-corrected chi connectivity index (χ1v) is 7.72. The summed E-state index contributed by atoms with van der Waals surface area (Å²) in [5.74, 6) is -0.0549. The first kappa shape index (κ1) is 14.9. The highest BCUT2D eigenvalue weighted by Crippen LogP contribution is 2.27. The molecule has 9 heteroatoms. The van der Waals surface area contributed by atoms with Crippen LogP contribution in [-0.4, -0.2) is 55.1 Å². The summed E-state index contributed by atoms with van der Waals surface area (Å²) < 4.78 is 14.1. The Hall–Kier alpha value is -2.61. The molecular formula is C15H12ClFN6O. The third kappa shape index (κ3) is 2.39. The molecule has 122 valence electrons. The molecule has 4 rings (SSSR count). The van der Waals surface area contributed by atoms with Crippen molar-refractivity contribution in [3.05, 3.63) is 41.4 Å². The van der Waals surface area contributed by atoms with Crippen molar-refractivity contribution in [2.24, 2.45) is 5.92 Å². The third-order valence-electron chi connectivity index (χ3n) is 3.91. The zero-order chi connectivity index (χ0) is 16.7. The lowest BCUT2D eigenvalue weighted by molar-refractivity contribution is 0.0455. The predicted molar refractivity (Wildman–Crippen MR) is 84.4 cm³/mol. The number of rotatable bonds is 3. The number of amides is 1. The molecule has 1 aliphatic rings. The highest BCUT2D eigenvalue weighted by molar-refractivity contribution is 6.29. The van der Waals surface area contributed by atoms with Crippen molar-refractivity contribution in [3.63, 3.8) is 0 Å². The molecule has 1 fully saturated rings. The van der Waals surface area contributed by atoms with Gasteiger partial charge in [0.1, 0.15) is 16.4 Å². The van der Waals surface area contributed by atoms with E-state index in [1.54, 1.807) is 35.6 Å². The Kier molecular flexibility index (Phi) is 3.61. The lowest BCUT2D eigenvalue weighted by Gasteiger charge is -2.37. The van der Waals surface area contributed by atoms with Crippen LogP contribution in [0.1, 0.15) is 10.4 Å². The van der Waals surface area contributed by atoms with Crippen LogP contribution in [0, 0.1) is 5.92 Å². The van der Waals surface area contributed by atoms with Gasteiger partial charge in [-0.15, -0.1) is 0 Å². The number of carbonyl (C=O) groups excluding carboxylic acids is 1. The molecule has 4 heterocycles. The number of aromatic nitrogens is 5. The number of alkyl halides is 1. The topological polar surface area (TPSA) is 76.3 Å². The average Bonchev–Trinajstić information content (AvgIpc) is 2.93. The Morgan fingerprint density at radius 3 is 2.79 bits per heavy atom. The van der Waals surface area contributed by atoms with Crippen molar-refractivity contribution < 1.29 is 9.18 Å². The normalized spacial score (nSPS) is 14.8. The summed E-state index contributed by atoms with van der Waals surface area (Å²) in [7, 11) is 0. The lowest BCUT2D eigenvalue weighted by Crippen LogP contribution is -2.50. The Morgan fingerprint density at radius 2 is 2.08 bits per heavy atom. The Morgan fingerprint density at radius 1 is 1.33 bits per heavy atom. The minimum absolute atomic E-state index is 0.108. The van der Waals surface area contributed by atoms with Gasteiger partial charge in [-0.3, -0.25) is 9.18 Å². The first-order chi connectivity index (χ1) is 11.7. The van der Waals surface area contributed by atoms with Gasteiger partial charge in [-0.1, -0.05) is 11.6 Å². The highest BCUT2D eigenvalue weighted by Gasteiger charge is 2.35. The standard InChI is InChI=1S/C15H12ClFN6O/c16-10-2-5-23-14(20-10)11(15(24)22-7-9(6-17)8-22)12(21-23)13-18-3-1-4-19-13/h1-5,9H,6-8H2. The summed E-state index contributed by atoms with van der Waals surface area (Å²) in [5, 5.41) is 4.63. The lowest BCUT2D eigenvalue weighted by atomic mass is 10.0. The molecule has 0 aliphatic carbocycles. The fourth-order valence-electron chi connectivity index (χ4n) is 2.67. The van der Waals surface area contributed by atoms with Gasteiger partial charge in [-0.2, -0.15) is 5.10 Å². The number of halogens is 2. The molecule has 24 heavy (non-hydrogen) atoms. The molecule has 1 aliphatic heterocycles. The molecule has 1 saturated heterocycles. The Bertz CT molecular complexity index is 909. The molecular weight excluding hydrogens is 335 g/mol. The molecule has 0 N–H and O–H groups in total. The molecule has 0 unspecified atom stereocenters. The SMILES string of the molecule is O=C(c1c(-c2ncccn2)nn2ccc(Cl)nc12)N1CC(CF)C1. The molecule has 0 spiro atoms. The van der Waals surface area contributed by atoms with Crippen molar-refractivity contribution in [1.29, 1.82) is 0 Å². The van der Waals surface area contributed by atoms with Crippen molar-refractivity contribution in [1.82, 2.24) is 29.5 Å². The second kappa shape index (κ2) is 5.79. The maximum Gasteiger partial charge on any atom is 0.260 e. The number of fused-ring (bicyclic) bond motifs is 1. The van der Waals surface area contributed by atoms with E-state index in [1.807, 2.05) is 0 Å².